The minimum absolute atomic E-state index is 0.0648. The molecule has 0 aliphatic heterocycles. The molecule has 0 amide bonds. The van der Waals surface area contributed by atoms with Crippen LogP contribution < -0.4 is 5.43 Å². The molecule has 0 saturated heterocycles. The van der Waals surface area contributed by atoms with Gasteiger partial charge in [0.05, 0.1) is 10.9 Å². The van der Waals surface area contributed by atoms with Crippen molar-refractivity contribution in [1.82, 2.24) is 0 Å². The highest BCUT2D eigenvalue weighted by atomic mass is 16.3. The van der Waals surface area contributed by atoms with Crippen LogP contribution in [0.1, 0.15) is 38.4 Å². The van der Waals surface area contributed by atoms with E-state index in [2.05, 4.69) is 13.8 Å². The van der Waals surface area contributed by atoms with Crippen molar-refractivity contribution in [3.8, 4) is 11.1 Å². The van der Waals surface area contributed by atoms with Crippen molar-refractivity contribution in [2.75, 3.05) is 0 Å². The molecule has 3 aromatic rings. The fraction of sp³-hybridized carbons (Fsp3) is 0.250. The summed E-state index contributed by atoms with van der Waals surface area (Å²) in [6.45, 7) is 4.27. The zero-order valence-corrected chi connectivity index (χ0v) is 13.0. The van der Waals surface area contributed by atoms with Gasteiger partial charge in [0.15, 0.2) is 0 Å². The fourth-order valence-electron chi connectivity index (χ4n) is 2.98. The van der Waals surface area contributed by atoms with Crippen LogP contribution in [0.3, 0.4) is 0 Å². The van der Waals surface area contributed by atoms with E-state index < -0.39 is 0 Å². The van der Waals surface area contributed by atoms with Crippen molar-refractivity contribution in [2.24, 2.45) is 0 Å². The standard InChI is InChI=1S/C20H20O2/c1-3-14(4-2)20-18(15-10-6-5-7-11-15)19(21)16-12-8-9-13-17(16)22-20/h5-14H,3-4H2,1-2H3. The van der Waals surface area contributed by atoms with Gasteiger partial charge < -0.3 is 4.42 Å². The first-order chi connectivity index (χ1) is 10.8. The lowest BCUT2D eigenvalue weighted by molar-refractivity contribution is 0.465. The minimum Gasteiger partial charge on any atom is -0.460 e. The molecule has 0 aliphatic rings. The number of hydrogen-bond donors (Lipinski definition) is 0. The van der Waals surface area contributed by atoms with Crippen LogP contribution in [-0.4, -0.2) is 0 Å². The van der Waals surface area contributed by atoms with E-state index in [1.807, 2.05) is 54.6 Å². The quantitative estimate of drug-likeness (QED) is 0.647. The van der Waals surface area contributed by atoms with Gasteiger partial charge in [0, 0.05) is 5.92 Å². The molecule has 2 heteroatoms. The van der Waals surface area contributed by atoms with E-state index in [1.165, 1.54) is 0 Å². The maximum absolute atomic E-state index is 13.0. The predicted molar refractivity (Wildman–Crippen MR) is 91.2 cm³/mol. The van der Waals surface area contributed by atoms with Crippen molar-refractivity contribution < 1.29 is 4.42 Å². The van der Waals surface area contributed by atoms with Gasteiger partial charge in [-0.1, -0.05) is 56.3 Å². The summed E-state index contributed by atoms with van der Waals surface area (Å²) in [7, 11) is 0. The topological polar surface area (TPSA) is 30.2 Å². The third-order valence-electron chi connectivity index (χ3n) is 4.24. The second-order valence-electron chi connectivity index (χ2n) is 5.55. The van der Waals surface area contributed by atoms with E-state index in [-0.39, 0.29) is 11.3 Å². The molecule has 0 bridgehead atoms. The molecular formula is C20H20O2. The summed E-state index contributed by atoms with van der Waals surface area (Å²) in [5.41, 5.74) is 2.39. The lowest BCUT2D eigenvalue weighted by Gasteiger charge is -2.16. The third-order valence-corrected chi connectivity index (χ3v) is 4.24. The molecule has 0 atom stereocenters. The van der Waals surface area contributed by atoms with Crippen LogP contribution in [0.2, 0.25) is 0 Å². The number of para-hydroxylation sites is 1. The maximum Gasteiger partial charge on any atom is 0.200 e. The largest absolute Gasteiger partial charge is 0.460 e. The van der Waals surface area contributed by atoms with E-state index in [0.717, 1.165) is 24.2 Å². The number of rotatable bonds is 4. The first-order valence-electron chi connectivity index (χ1n) is 7.87. The first-order valence-corrected chi connectivity index (χ1v) is 7.87. The zero-order valence-electron chi connectivity index (χ0n) is 13.0. The Morgan fingerprint density at radius 3 is 2.23 bits per heavy atom. The molecule has 0 fully saturated rings. The van der Waals surface area contributed by atoms with E-state index in [0.29, 0.717) is 16.5 Å². The van der Waals surface area contributed by atoms with Gasteiger partial charge in [-0.25, -0.2) is 0 Å². The van der Waals surface area contributed by atoms with E-state index in [9.17, 15) is 4.79 Å². The van der Waals surface area contributed by atoms with E-state index >= 15 is 0 Å². The molecule has 1 heterocycles. The average Bonchev–Trinajstić information content (AvgIpc) is 2.57. The van der Waals surface area contributed by atoms with Crippen molar-refractivity contribution in [3.05, 3.63) is 70.6 Å². The molecule has 0 unspecified atom stereocenters. The number of hydrogen-bond acceptors (Lipinski definition) is 2. The molecule has 0 radical (unpaired) electrons. The Balaban J connectivity index is 2.38. The summed E-state index contributed by atoms with van der Waals surface area (Å²) in [5.74, 6) is 1.08. The number of benzene rings is 2. The zero-order chi connectivity index (χ0) is 15.5. The molecule has 2 nitrogen and oxygen atoms in total. The van der Waals surface area contributed by atoms with Crippen molar-refractivity contribution >= 4 is 11.0 Å². The SMILES string of the molecule is CCC(CC)c1oc2ccccc2c(=O)c1-c1ccccc1. The molecule has 1 aromatic heterocycles. The summed E-state index contributed by atoms with van der Waals surface area (Å²) in [6.07, 6.45) is 1.91. The second-order valence-corrected chi connectivity index (χ2v) is 5.55. The maximum atomic E-state index is 13.0. The molecule has 2 aromatic carbocycles. The minimum atomic E-state index is 0.0648. The van der Waals surface area contributed by atoms with E-state index in [4.69, 9.17) is 4.42 Å². The summed E-state index contributed by atoms with van der Waals surface area (Å²) in [4.78, 5) is 13.0. The van der Waals surface area contributed by atoms with Crippen LogP contribution in [0.25, 0.3) is 22.1 Å². The van der Waals surface area contributed by atoms with Crippen molar-refractivity contribution in [3.63, 3.8) is 0 Å². The summed E-state index contributed by atoms with van der Waals surface area (Å²) < 4.78 is 6.17. The van der Waals surface area contributed by atoms with Gasteiger partial charge in [-0.3, -0.25) is 4.79 Å². The summed E-state index contributed by atoms with van der Waals surface area (Å²) in [6, 6.07) is 17.3. The normalized spacial score (nSPS) is 11.2. The monoisotopic (exact) mass is 292 g/mol. The van der Waals surface area contributed by atoms with Gasteiger partial charge >= 0.3 is 0 Å². The molecule has 3 rings (SSSR count). The van der Waals surface area contributed by atoms with Crippen LogP contribution in [0.5, 0.6) is 0 Å². The van der Waals surface area contributed by atoms with Crippen LogP contribution in [0, 0.1) is 0 Å². The van der Waals surface area contributed by atoms with Gasteiger partial charge in [-0.05, 0) is 30.5 Å². The summed E-state index contributed by atoms with van der Waals surface area (Å²) in [5, 5.41) is 0.649. The summed E-state index contributed by atoms with van der Waals surface area (Å²) >= 11 is 0. The van der Waals surface area contributed by atoms with Crippen LogP contribution in [0.4, 0.5) is 0 Å². The lowest BCUT2D eigenvalue weighted by atomic mass is 9.92. The Morgan fingerprint density at radius 1 is 0.909 bits per heavy atom. The van der Waals surface area contributed by atoms with Gasteiger partial charge in [0.1, 0.15) is 11.3 Å². The molecule has 0 saturated carbocycles. The average molecular weight is 292 g/mol. The Hall–Kier alpha value is -2.35. The van der Waals surface area contributed by atoms with Gasteiger partial charge in [0.2, 0.25) is 5.43 Å². The molecular weight excluding hydrogens is 272 g/mol. The fourth-order valence-corrected chi connectivity index (χ4v) is 2.98. The van der Waals surface area contributed by atoms with Crippen molar-refractivity contribution in [2.45, 2.75) is 32.6 Å². The Bertz CT molecular complexity index is 827. The number of fused-ring (bicyclic) bond motifs is 1. The van der Waals surface area contributed by atoms with Gasteiger partial charge in [-0.15, -0.1) is 0 Å². The highest BCUT2D eigenvalue weighted by Gasteiger charge is 2.21. The van der Waals surface area contributed by atoms with Crippen molar-refractivity contribution in [1.29, 1.82) is 0 Å². The molecule has 0 aliphatic carbocycles. The molecule has 112 valence electrons. The smallest absolute Gasteiger partial charge is 0.200 e. The van der Waals surface area contributed by atoms with Crippen LogP contribution in [-0.2, 0) is 0 Å². The molecule has 0 N–H and O–H groups in total. The first kappa shape index (κ1) is 14.6. The highest BCUT2D eigenvalue weighted by Crippen LogP contribution is 2.33. The molecule has 0 spiro atoms. The second kappa shape index (κ2) is 6.18. The Labute approximate surface area is 130 Å². The van der Waals surface area contributed by atoms with Crippen LogP contribution in [0.15, 0.2) is 63.8 Å². The van der Waals surface area contributed by atoms with Gasteiger partial charge in [0.25, 0.3) is 0 Å². The Kier molecular flexibility index (Phi) is 4.10. The predicted octanol–water partition coefficient (Wildman–Crippen LogP) is 5.36. The van der Waals surface area contributed by atoms with E-state index in [1.54, 1.807) is 0 Å². The van der Waals surface area contributed by atoms with Crippen LogP contribution >= 0.6 is 0 Å². The highest BCUT2D eigenvalue weighted by molar-refractivity contribution is 5.82. The Morgan fingerprint density at radius 2 is 1.55 bits per heavy atom. The molecule has 22 heavy (non-hydrogen) atoms. The third kappa shape index (κ3) is 2.45. The van der Waals surface area contributed by atoms with Gasteiger partial charge in [-0.2, -0.15) is 0 Å². The lowest BCUT2D eigenvalue weighted by Crippen LogP contribution is -2.11.